The van der Waals surface area contributed by atoms with Gasteiger partial charge in [0.25, 0.3) is 0 Å². The summed E-state index contributed by atoms with van der Waals surface area (Å²) in [6.45, 7) is -0.0757. The molecule has 1 saturated heterocycles. The number of amides is 1. The minimum Gasteiger partial charge on any atom is -0.467 e. The molecule has 1 heterocycles. The standard InChI is InChI=1S/C29H30FNO5S/c1-36-29(33)26-19-25(37(34,35)18-8-9-21-14-16-24(30)17-15-21)20-31(26)28(32)27(22-10-4-2-5-11-22)23-12-6-3-7-13-23/h2-7,10-17,25-27H,8-9,18-20H2,1H3/t25-,26?/m0/s1. The van der Waals surface area contributed by atoms with Crippen LogP contribution in [0.25, 0.3) is 0 Å². The van der Waals surface area contributed by atoms with Crippen molar-refractivity contribution in [2.75, 3.05) is 19.4 Å². The Kier molecular flexibility index (Phi) is 8.38. The maximum Gasteiger partial charge on any atom is 0.328 e. The molecule has 0 N–H and O–H groups in total. The molecule has 8 heteroatoms. The molecule has 1 aliphatic rings. The van der Waals surface area contributed by atoms with Crippen molar-refractivity contribution in [2.24, 2.45) is 0 Å². The summed E-state index contributed by atoms with van der Waals surface area (Å²) in [5.41, 5.74) is 2.36. The Morgan fingerprint density at radius 1 is 0.946 bits per heavy atom. The van der Waals surface area contributed by atoms with Crippen LogP contribution in [0.3, 0.4) is 0 Å². The zero-order valence-electron chi connectivity index (χ0n) is 20.6. The van der Waals surface area contributed by atoms with Crippen molar-refractivity contribution < 1.29 is 27.1 Å². The van der Waals surface area contributed by atoms with Crippen LogP contribution in [0, 0.1) is 5.82 Å². The number of likely N-dealkylation sites (tertiary alicyclic amines) is 1. The van der Waals surface area contributed by atoms with Gasteiger partial charge < -0.3 is 9.64 Å². The third kappa shape index (κ3) is 6.25. The molecule has 1 aliphatic heterocycles. The summed E-state index contributed by atoms with van der Waals surface area (Å²) >= 11 is 0. The van der Waals surface area contributed by atoms with Gasteiger partial charge in [0, 0.05) is 6.54 Å². The first-order chi connectivity index (χ1) is 17.8. The van der Waals surface area contributed by atoms with E-state index in [4.69, 9.17) is 4.74 Å². The Labute approximate surface area is 217 Å². The lowest BCUT2D eigenvalue weighted by atomic mass is 9.90. The smallest absolute Gasteiger partial charge is 0.328 e. The predicted octanol–water partition coefficient (Wildman–Crippen LogP) is 4.15. The molecular formula is C29H30FNO5S. The molecule has 1 amide bonds. The topological polar surface area (TPSA) is 80.8 Å². The third-order valence-corrected chi connectivity index (χ3v) is 9.06. The Balaban J connectivity index is 1.55. The molecule has 6 nitrogen and oxygen atoms in total. The number of aryl methyl sites for hydroxylation is 1. The van der Waals surface area contributed by atoms with Crippen molar-refractivity contribution in [2.45, 2.75) is 36.5 Å². The van der Waals surface area contributed by atoms with Crippen molar-refractivity contribution in [3.05, 3.63) is 107 Å². The summed E-state index contributed by atoms with van der Waals surface area (Å²) in [4.78, 5) is 28.0. The van der Waals surface area contributed by atoms with Gasteiger partial charge >= 0.3 is 5.97 Å². The fraction of sp³-hybridized carbons (Fsp3) is 0.310. The fourth-order valence-electron chi connectivity index (χ4n) is 4.89. The number of sulfone groups is 1. The Hall–Kier alpha value is -3.52. The van der Waals surface area contributed by atoms with Gasteiger partial charge in [0.2, 0.25) is 5.91 Å². The minimum atomic E-state index is -3.61. The molecule has 4 rings (SSSR count). The minimum absolute atomic E-state index is 0.00635. The molecule has 0 bridgehead atoms. The molecular weight excluding hydrogens is 493 g/mol. The predicted molar refractivity (Wildman–Crippen MR) is 139 cm³/mol. The van der Waals surface area contributed by atoms with Gasteiger partial charge in [-0.25, -0.2) is 17.6 Å². The maximum atomic E-state index is 14.0. The van der Waals surface area contributed by atoms with Gasteiger partial charge in [0.15, 0.2) is 9.84 Å². The zero-order valence-corrected chi connectivity index (χ0v) is 21.4. The highest BCUT2D eigenvalue weighted by Gasteiger charge is 2.46. The maximum absolute atomic E-state index is 14.0. The van der Waals surface area contributed by atoms with Crippen LogP contribution in [0.1, 0.15) is 35.4 Å². The fourth-order valence-corrected chi connectivity index (χ4v) is 6.63. The van der Waals surface area contributed by atoms with Gasteiger partial charge in [-0.1, -0.05) is 72.8 Å². The van der Waals surface area contributed by atoms with Crippen LogP contribution in [0.15, 0.2) is 84.9 Å². The largest absolute Gasteiger partial charge is 0.467 e. The van der Waals surface area contributed by atoms with E-state index in [1.165, 1.54) is 24.1 Å². The Morgan fingerprint density at radius 2 is 1.51 bits per heavy atom. The van der Waals surface area contributed by atoms with Gasteiger partial charge in [-0.3, -0.25) is 4.79 Å². The molecule has 0 aliphatic carbocycles. The molecule has 1 unspecified atom stereocenters. The molecule has 194 valence electrons. The monoisotopic (exact) mass is 523 g/mol. The summed E-state index contributed by atoms with van der Waals surface area (Å²) in [6, 6.07) is 23.5. The van der Waals surface area contributed by atoms with Gasteiger partial charge in [0.1, 0.15) is 11.9 Å². The van der Waals surface area contributed by atoms with Crippen LogP contribution in [-0.4, -0.2) is 55.9 Å². The quantitative estimate of drug-likeness (QED) is 0.394. The van der Waals surface area contributed by atoms with Crippen LogP contribution in [0.5, 0.6) is 0 Å². The van der Waals surface area contributed by atoms with Crippen molar-refractivity contribution in [3.63, 3.8) is 0 Å². The van der Waals surface area contributed by atoms with E-state index in [0.29, 0.717) is 12.8 Å². The number of carbonyl (C=O) groups is 2. The number of benzene rings is 3. The molecule has 3 aromatic carbocycles. The first-order valence-corrected chi connectivity index (χ1v) is 14.0. The summed E-state index contributed by atoms with van der Waals surface area (Å²) < 4.78 is 44.6. The lowest BCUT2D eigenvalue weighted by molar-refractivity contribution is -0.151. The molecule has 0 saturated carbocycles. The van der Waals surface area contributed by atoms with Gasteiger partial charge in [0.05, 0.1) is 24.0 Å². The number of hydrogen-bond donors (Lipinski definition) is 0. The first-order valence-electron chi connectivity index (χ1n) is 12.2. The van der Waals surface area contributed by atoms with Crippen molar-refractivity contribution >= 4 is 21.7 Å². The van der Waals surface area contributed by atoms with E-state index < -0.39 is 33.0 Å². The molecule has 0 aromatic heterocycles. The number of rotatable bonds is 9. The lowest BCUT2D eigenvalue weighted by Crippen LogP contribution is -2.44. The molecule has 3 aromatic rings. The molecule has 0 radical (unpaired) electrons. The van der Waals surface area contributed by atoms with Crippen LogP contribution in [0.4, 0.5) is 4.39 Å². The SMILES string of the molecule is COC(=O)C1C[C@H](S(=O)(=O)CCCc2ccc(F)cc2)CN1C(=O)C(c1ccccc1)c1ccccc1. The van der Waals surface area contributed by atoms with E-state index in [9.17, 15) is 22.4 Å². The third-order valence-electron chi connectivity index (χ3n) is 6.85. The number of ether oxygens (including phenoxy) is 1. The van der Waals surface area contributed by atoms with Crippen LogP contribution in [-0.2, 0) is 30.6 Å². The summed E-state index contributed by atoms with van der Waals surface area (Å²) in [5, 5.41) is -0.874. The average molecular weight is 524 g/mol. The van der Waals surface area contributed by atoms with Crippen LogP contribution >= 0.6 is 0 Å². The summed E-state index contributed by atoms with van der Waals surface area (Å²) in [6.07, 6.45) is 0.838. The van der Waals surface area contributed by atoms with E-state index >= 15 is 0 Å². The van der Waals surface area contributed by atoms with Gasteiger partial charge in [-0.15, -0.1) is 0 Å². The van der Waals surface area contributed by atoms with Crippen molar-refractivity contribution in [1.29, 1.82) is 0 Å². The number of esters is 1. The molecule has 0 spiro atoms. The Bertz CT molecular complexity index is 1270. The number of halogens is 1. The number of methoxy groups -OCH3 is 1. The van der Waals surface area contributed by atoms with Crippen molar-refractivity contribution in [1.82, 2.24) is 4.90 Å². The first kappa shape index (κ1) is 26.5. The van der Waals surface area contributed by atoms with E-state index in [-0.39, 0.29) is 30.4 Å². The number of hydrogen-bond acceptors (Lipinski definition) is 5. The number of nitrogens with zero attached hydrogens (tertiary/aromatic N) is 1. The summed E-state index contributed by atoms with van der Waals surface area (Å²) in [5.74, 6) is -2.08. The second-order valence-electron chi connectivity index (χ2n) is 9.24. The second-order valence-corrected chi connectivity index (χ2v) is 11.6. The number of carbonyl (C=O) groups excluding carboxylic acids is 2. The van der Waals surface area contributed by atoms with Gasteiger partial charge in [-0.2, -0.15) is 0 Å². The van der Waals surface area contributed by atoms with E-state index in [0.717, 1.165) is 16.7 Å². The normalized spacial score (nSPS) is 17.6. The average Bonchev–Trinajstić information content (AvgIpc) is 3.37. The lowest BCUT2D eigenvalue weighted by Gasteiger charge is -2.28. The second kappa shape index (κ2) is 11.7. The zero-order chi connectivity index (χ0) is 26.4. The van der Waals surface area contributed by atoms with E-state index in [1.807, 2.05) is 60.7 Å². The highest BCUT2D eigenvalue weighted by Crippen LogP contribution is 2.33. The van der Waals surface area contributed by atoms with Crippen LogP contribution < -0.4 is 0 Å². The highest BCUT2D eigenvalue weighted by molar-refractivity contribution is 7.92. The highest BCUT2D eigenvalue weighted by atomic mass is 32.2. The Morgan fingerprint density at radius 3 is 2.05 bits per heavy atom. The van der Waals surface area contributed by atoms with E-state index in [1.54, 1.807) is 12.1 Å². The molecule has 2 atom stereocenters. The van der Waals surface area contributed by atoms with Gasteiger partial charge in [-0.05, 0) is 48.1 Å². The van der Waals surface area contributed by atoms with Crippen molar-refractivity contribution in [3.8, 4) is 0 Å². The van der Waals surface area contributed by atoms with E-state index in [2.05, 4.69) is 0 Å². The summed E-state index contributed by atoms with van der Waals surface area (Å²) in [7, 11) is -2.37. The molecule has 1 fully saturated rings. The molecule has 37 heavy (non-hydrogen) atoms. The van der Waals surface area contributed by atoms with Crippen LogP contribution in [0.2, 0.25) is 0 Å².